The smallest absolute Gasteiger partial charge is 0.412 e. The molecule has 0 aliphatic carbocycles. The van der Waals surface area contributed by atoms with Gasteiger partial charge in [-0.3, -0.25) is 4.90 Å². The number of aliphatic hydroxyl groups is 1. The molecule has 1 atom stereocenters. The van der Waals surface area contributed by atoms with Crippen LogP contribution in [0.15, 0.2) is 18.2 Å². The van der Waals surface area contributed by atoms with Crippen molar-refractivity contribution in [3.8, 4) is 0 Å². The number of aromatic nitrogens is 1. The van der Waals surface area contributed by atoms with Crippen molar-refractivity contribution in [3.05, 3.63) is 35.3 Å². The number of halogens is 1. The van der Waals surface area contributed by atoms with Crippen LogP contribution in [0.5, 0.6) is 0 Å². The number of carbonyl (C=O) groups is 1. The van der Waals surface area contributed by atoms with Crippen molar-refractivity contribution in [1.29, 1.82) is 0 Å². The number of hydrogen-bond donors (Lipinski definition) is 2. The highest BCUT2D eigenvalue weighted by atomic mass is 19.1. The van der Waals surface area contributed by atoms with Crippen molar-refractivity contribution >= 4 is 17.0 Å². The first-order chi connectivity index (χ1) is 10.6. The summed E-state index contributed by atoms with van der Waals surface area (Å²) in [5.74, 6) is -0.300. The number of para-hydroxylation sites is 1. The van der Waals surface area contributed by atoms with E-state index < -0.39 is 17.4 Å². The van der Waals surface area contributed by atoms with Crippen LogP contribution in [0.25, 0.3) is 10.9 Å². The lowest BCUT2D eigenvalue weighted by Crippen LogP contribution is -2.54. The molecule has 2 heterocycles. The van der Waals surface area contributed by atoms with Gasteiger partial charge in [0.15, 0.2) is 11.3 Å². The number of benzene rings is 1. The third-order valence-corrected chi connectivity index (χ3v) is 4.92. The average molecular weight is 320 g/mol. The fourth-order valence-corrected chi connectivity index (χ4v) is 3.10. The molecule has 5 nitrogen and oxygen atoms in total. The van der Waals surface area contributed by atoms with Gasteiger partial charge in [0.25, 0.3) is 0 Å². The molecule has 1 aliphatic rings. The monoisotopic (exact) mass is 320 g/mol. The molecule has 0 bridgehead atoms. The minimum atomic E-state index is -1.39. The number of rotatable bonds is 3. The Kier molecular flexibility index (Phi) is 3.41. The lowest BCUT2D eigenvalue weighted by Gasteiger charge is -2.34. The maximum Gasteiger partial charge on any atom is 0.412 e. The van der Waals surface area contributed by atoms with E-state index in [-0.39, 0.29) is 5.82 Å². The minimum Gasteiger partial charge on any atom is -0.438 e. The molecule has 0 radical (unpaired) electrons. The van der Waals surface area contributed by atoms with E-state index in [1.165, 1.54) is 11.0 Å². The first-order valence-corrected chi connectivity index (χ1v) is 7.64. The van der Waals surface area contributed by atoms with Crippen molar-refractivity contribution in [2.45, 2.75) is 45.4 Å². The largest absolute Gasteiger partial charge is 0.438 e. The number of hydrogen-bond acceptors (Lipinski definition) is 3. The van der Waals surface area contributed by atoms with Gasteiger partial charge in [-0.05, 0) is 45.7 Å². The van der Waals surface area contributed by atoms with Crippen molar-refractivity contribution in [2.75, 3.05) is 6.54 Å². The molecule has 6 heteroatoms. The van der Waals surface area contributed by atoms with Gasteiger partial charge in [0, 0.05) is 17.6 Å². The van der Waals surface area contributed by atoms with E-state index in [9.17, 15) is 14.3 Å². The number of fused-ring (bicyclic) bond motifs is 1. The topological polar surface area (TPSA) is 65.6 Å². The third kappa shape index (κ3) is 2.28. The molecule has 1 aliphatic heterocycles. The van der Waals surface area contributed by atoms with E-state index in [0.29, 0.717) is 18.5 Å². The lowest BCUT2D eigenvalue weighted by molar-refractivity contribution is -0.126. The predicted molar refractivity (Wildman–Crippen MR) is 84.6 cm³/mol. The molecule has 2 aromatic rings. The number of aromatic amines is 1. The number of nitrogens with one attached hydrogen (secondary N) is 1. The Balaban J connectivity index is 1.89. The lowest BCUT2D eigenvalue weighted by atomic mass is 9.95. The number of amides is 1. The van der Waals surface area contributed by atoms with Gasteiger partial charge in [-0.1, -0.05) is 12.1 Å². The molecule has 124 valence electrons. The van der Waals surface area contributed by atoms with Crippen molar-refractivity contribution in [2.24, 2.45) is 0 Å². The molecule has 1 aromatic heterocycles. The van der Waals surface area contributed by atoms with Crippen LogP contribution in [0.3, 0.4) is 0 Å². The molecule has 23 heavy (non-hydrogen) atoms. The van der Waals surface area contributed by atoms with Crippen molar-refractivity contribution < 1.29 is 19.0 Å². The summed E-state index contributed by atoms with van der Waals surface area (Å²) in [6, 6.07) is 4.92. The summed E-state index contributed by atoms with van der Waals surface area (Å²) < 4.78 is 19.1. The van der Waals surface area contributed by atoms with E-state index in [2.05, 4.69) is 4.98 Å². The van der Waals surface area contributed by atoms with Gasteiger partial charge in [-0.2, -0.15) is 0 Å². The van der Waals surface area contributed by atoms with Gasteiger partial charge >= 0.3 is 6.09 Å². The van der Waals surface area contributed by atoms with Crippen LogP contribution in [0.1, 0.15) is 32.0 Å². The second-order valence-corrected chi connectivity index (χ2v) is 6.69. The first kappa shape index (κ1) is 15.8. The van der Waals surface area contributed by atoms with Crippen LogP contribution in [-0.2, 0) is 11.2 Å². The zero-order valence-corrected chi connectivity index (χ0v) is 13.7. The van der Waals surface area contributed by atoms with E-state index in [1.807, 2.05) is 13.0 Å². The maximum atomic E-state index is 13.9. The Morgan fingerprint density at radius 1 is 1.35 bits per heavy atom. The molecule has 1 fully saturated rings. The fourth-order valence-electron chi connectivity index (χ4n) is 3.10. The molecule has 2 N–H and O–H groups in total. The van der Waals surface area contributed by atoms with Crippen LogP contribution in [-0.4, -0.2) is 39.0 Å². The summed E-state index contributed by atoms with van der Waals surface area (Å²) in [6.07, 6.45) is -0.0416. The molecule has 0 saturated carbocycles. The predicted octanol–water partition coefficient (Wildman–Crippen LogP) is 3.10. The molecule has 1 saturated heterocycles. The van der Waals surface area contributed by atoms with Gasteiger partial charge in [0.2, 0.25) is 0 Å². The van der Waals surface area contributed by atoms with Crippen molar-refractivity contribution in [3.63, 3.8) is 0 Å². The second kappa shape index (κ2) is 4.96. The Hall–Kier alpha value is -2.08. The van der Waals surface area contributed by atoms with E-state index in [1.54, 1.807) is 26.8 Å². The second-order valence-electron chi connectivity index (χ2n) is 6.69. The van der Waals surface area contributed by atoms with Crippen LogP contribution < -0.4 is 0 Å². The van der Waals surface area contributed by atoms with Crippen LogP contribution in [0.2, 0.25) is 0 Å². The number of ether oxygens (including phenoxy) is 1. The summed E-state index contributed by atoms with van der Waals surface area (Å²) in [5.41, 5.74) is -0.110. The highest BCUT2D eigenvalue weighted by molar-refractivity contribution is 5.85. The number of H-pyrrole nitrogens is 1. The van der Waals surface area contributed by atoms with Gasteiger partial charge in [0.05, 0.1) is 5.52 Å². The molecule has 3 rings (SSSR count). The molecule has 1 unspecified atom stereocenters. The Morgan fingerprint density at radius 2 is 2.04 bits per heavy atom. The quantitative estimate of drug-likeness (QED) is 0.913. The van der Waals surface area contributed by atoms with E-state index >= 15 is 0 Å². The number of nitrogens with zero attached hydrogens (tertiary/aromatic N) is 1. The average Bonchev–Trinajstić information content (AvgIpc) is 2.82. The minimum absolute atomic E-state index is 0.291. The SMILES string of the molecule is Cc1[nH]c2c(F)cccc2c1CCN1C(=O)OC(C)(C)C1(C)O. The van der Waals surface area contributed by atoms with Crippen LogP contribution in [0.4, 0.5) is 9.18 Å². The Labute approximate surface area is 134 Å². The third-order valence-electron chi connectivity index (χ3n) is 4.92. The van der Waals surface area contributed by atoms with E-state index in [0.717, 1.165) is 16.6 Å². The van der Waals surface area contributed by atoms with Crippen molar-refractivity contribution in [1.82, 2.24) is 9.88 Å². The molecular formula is C17H21FN2O3. The van der Waals surface area contributed by atoms with Gasteiger partial charge in [-0.25, -0.2) is 9.18 Å². The normalized spacial score (nSPS) is 23.6. The van der Waals surface area contributed by atoms with Crippen LogP contribution >= 0.6 is 0 Å². The zero-order chi connectivity index (χ0) is 17.0. The van der Waals surface area contributed by atoms with Gasteiger partial charge in [-0.15, -0.1) is 0 Å². The molecule has 1 aromatic carbocycles. The summed E-state index contributed by atoms with van der Waals surface area (Å²) >= 11 is 0. The zero-order valence-electron chi connectivity index (χ0n) is 13.7. The van der Waals surface area contributed by atoms with E-state index in [4.69, 9.17) is 4.74 Å². The van der Waals surface area contributed by atoms with Crippen LogP contribution in [0, 0.1) is 12.7 Å². The summed E-state index contributed by atoms with van der Waals surface area (Å²) in [6.45, 7) is 7.09. The Bertz CT molecular complexity index is 779. The standard InChI is InChI=1S/C17H21FN2O3/c1-10-11(12-6-5-7-13(18)14(12)19-10)8-9-20-15(21)23-16(2,3)17(20,4)22/h5-7,19,22H,8-9H2,1-4H3. The number of cyclic esters (lactones) is 1. The summed E-state index contributed by atoms with van der Waals surface area (Å²) in [5, 5.41) is 11.4. The molecule has 0 spiro atoms. The highest BCUT2D eigenvalue weighted by Crippen LogP contribution is 2.37. The highest BCUT2D eigenvalue weighted by Gasteiger charge is 2.56. The van der Waals surface area contributed by atoms with Gasteiger partial charge in [0.1, 0.15) is 5.82 Å². The first-order valence-electron chi connectivity index (χ1n) is 7.64. The summed E-state index contributed by atoms with van der Waals surface area (Å²) in [7, 11) is 0. The number of carbonyl (C=O) groups excluding carboxylic acids is 1. The number of aryl methyl sites for hydroxylation is 1. The Morgan fingerprint density at radius 3 is 2.65 bits per heavy atom. The van der Waals surface area contributed by atoms with Gasteiger partial charge < -0.3 is 14.8 Å². The molecular weight excluding hydrogens is 299 g/mol. The molecule has 1 amide bonds. The summed E-state index contributed by atoms with van der Waals surface area (Å²) in [4.78, 5) is 16.4. The maximum absolute atomic E-state index is 13.9. The fraction of sp³-hybridized carbons (Fsp3) is 0.471.